The summed E-state index contributed by atoms with van der Waals surface area (Å²) >= 11 is 1.87. The maximum Gasteiger partial charge on any atom is 0.113 e. The van der Waals surface area contributed by atoms with Crippen LogP contribution in [0, 0.1) is 17.2 Å². The predicted molar refractivity (Wildman–Crippen MR) is 85.9 cm³/mol. The first kappa shape index (κ1) is 14.3. The van der Waals surface area contributed by atoms with Crippen molar-refractivity contribution >= 4 is 11.8 Å². The van der Waals surface area contributed by atoms with Gasteiger partial charge in [-0.2, -0.15) is 5.26 Å². The van der Waals surface area contributed by atoms with E-state index in [2.05, 4.69) is 36.4 Å². The minimum absolute atomic E-state index is 0.171. The second kappa shape index (κ2) is 6.87. The second-order valence-corrected chi connectivity index (χ2v) is 6.81. The van der Waals surface area contributed by atoms with Crippen molar-refractivity contribution in [2.75, 3.05) is 0 Å². The number of hydrogen-bond donors (Lipinski definition) is 0. The van der Waals surface area contributed by atoms with Gasteiger partial charge < -0.3 is 4.42 Å². The van der Waals surface area contributed by atoms with Crippen molar-refractivity contribution in [2.45, 2.75) is 36.2 Å². The van der Waals surface area contributed by atoms with Crippen LogP contribution in [0.4, 0.5) is 0 Å². The van der Waals surface area contributed by atoms with Gasteiger partial charge in [-0.05, 0) is 42.9 Å². The molecule has 0 amide bonds. The van der Waals surface area contributed by atoms with Crippen LogP contribution in [0.5, 0.6) is 0 Å². The molecule has 3 atom stereocenters. The largest absolute Gasteiger partial charge is 0.468 e. The van der Waals surface area contributed by atoms with Gasteiger partial charge in [-0.15, -0.1) is 11.8 Å². The maximum atomic E-state index is 9.39. The molecule has 1 aromatic carbocycles. The first-order valence-electron chi connectivity index (χ1n) is 7.45. The maximum absolute atomic E-state index is 9.39. The van der Waals surface area contributed by atoms with Crippen LogP contribution >= 0.6 is 11.8 Å². The van der Waals surface area contributed by atoms with Crippen molar-refractivity contribution in [2.24, 2.45) is 5.92 Å². The van der Waals surface area contributed by atoms with E-state index in [1.54, 1.807) is 6.26 Å². The number of benzene rings is 1. The Morgan fingerprint density at radius 3 is 2.71 bits per heavy atom. The molecule has 1 aromatic heterocycles. The lowest BCUT2D eigenvalue weighted by molar-refractivity contribution is 0.393. The van der Waals surface area contributed by atoms with E-state index in [4.69, 9.17) is 4.42 Å². The highest BCUT2D eigenvalue weighted by atomic mass is 32.2. The van der Waals surface area contributed by atoms with E-state index in [-0.39, 0.29) is 5.92 Å². The van der Waals surface area contributed by atoms with E-state index in [9.17, 15) is 5.26 Å². The average Bonchev–Trinajstić information content (AvgIpc) is 3.07. The van der Waals surface area contributed by atoms with Crippen LogP contribution in [0.1, 0.15) is 36.5 Å². The average molecular weight is 297 g/mol. The molecule has 0 N–H and O–H groups in total. The number of nitrogens with zero attached hydrogens (tertiary/aromatic N) is 1. The van der Waals surface area contributed by atoms with Gasteiger partial charge >= 0.3 is 0 Å². The first-order chi connectivity index (χ1) is 10.4. The van der Waals surface area contributed by atoms with Crippen molar-refractivity contribution in [3.05, 3.63) is 60.1 Å². The molecule has 0 radical (unpaired) electrons. The summed E-state index contributed by atoms with van der Waals surface area (Å²) < 4.78 is 5.40. The first-order valence-corrected chi connectivity index (χ1v) is 8.50. The lowest BCUT2D eigenvalue weighted by atomic mass is 9.79. The van der Waals surface area contributed by atoms with Crippen molar-refractivity contribution in [1.82, 2.24) is 0 Å². The van der Waals surface area contributed by atoms with Crippen LogP contribution in [0.25, 0.3) is 0 Å². The zero-order valence-corrected chi connectivity index (χ0v) is 12.8. The summed E-state index contributed by atoms with van der Waals surface area (Å²) in [6, 6.07) is 17.1. The lowest BCUT2D eigenvalue weighted by Crippen LogP contribution is -2.25. The second-order valence-electron chi connectivity index (χ2n) is 5.59. The summed E-state index contributed by atoms with van der Waals surface area (Å²) in [5, 5.41) is 9.79. The van der Waals surface area contributed by atoms with Crippen LogP contribution in [-0.2, 0) is 5.75 Å². The molecule has 0 bridgehead atoms. The highest BCUT2D eigenvalue weighted by Crippen LogP contribution is 2.41. The number of hydrogen-bond acceptors (Lipinski definition) is 3. The highest BCUT2D eigenvalue weighted by molar-refractivity contribution is 7.99. The van der Waals surface area contributed by atoms with E-state index in [0.717, 1.165) is 30.8 Å². The molecule has 3 rings (SSSR count). The van der Waals surface area contributed by atoms with Crippen molar-refractivity contribution in [3.8, 4) is 6.07 Å². The Kier molecular flexibility index (Phi) is 4.67. The molecule has 0 saturated heterocycles. The fourth-order valence-corrected chi connectivity index (χ4v) is 4.41. The number of thioether (sulfide) groups is 1. The monoisotopic (exact) mass is 297 g/mol. The summed E-state index contributed by atoms with van der Waals surface area (Å²) in [6.45, 7) is 0. The predicted octanol–water partition coefficient (Wildman–Crippen LogP) is 4.99. The Balaban J connectivity index is 1.66. The summed E-state index contributed by atoms with van der Waals surface area (Å²) in [4.78, 5) is 0. The molecule has 0 spiro atoms. The lowest BCUT2D eigenvalue weighted by Gasteiger charge is -2.32. The van der Waals surface area contributed by atoms with Gasteiger partial charge in [-0.3, -0.25) is 0 Å². The molecule has 1 saturated carbocycles. The normalized spacial score (nSPS) is 25.4. The third-order valence-corrected chi connectivity index (χ3v) is 5.65. The van der Waals surface area contributed by atoms with Crippen molar-refractivity contribution < 1.29 is 4.42 Å². The van der Waals surface area contributed by atoms with E-state index in [0.29, 0.717) is 11.2 Å². The van der Waals surface area contributed by atoms with Gasteiger partial charge in [-0.1, -0.05) is 30.3 Å². The fourth-order valence-electron chi connectivity index (χ4n) is 3.07. The third-order valence-electron chi connectivity index (χ3n) is 4.25. The Bertz CT molecular complexity index is 587. The Labute approximate surface area is 130 Å². The van der Waals surface area contributed by atoms with Crippen LogP contribution in [0.3, 0.4) is 0 Å². The minimum Gasteiger partial charge on any atom is -0.468 e. The summed E-state index contributed by atoms with van der Waals surface area (Å²) in [6.07, 6.45) is 4.94. The third kappa shape index (κ3) is 3.51. The molecule has 3 unspecified atom stereocenters. The molecule has 21 heavy (non-hydrogen) atoms. The molecular weight excluding hydrogens is 278 g/mol. The van der Waals surface area contributed by atoms with Gasteiger partial charge in [0.25, 0.3) is 0 Å². The standard InChI is InChI=1S/C18H19NOS/c19-12-16-9-8-15(14-5-2-1-3-6-14)11-18(16)21-13-17-7-4-10-20-17/h1-7,10,15-16,18H,8-9,11,13H2. The smallest absolute Gasteiger partial charge is 0.113 e. The molecule has 2 nitrogen and oxygen atoms in total. The van der Waals surface area contributed by atoms with Crippen LogP contribution < -0.4 is 0 Å². The number of nitriles is 1. The Morgan fingerprint density at radius 1 is 1.14 bits per heavy atom. The van der Waals surface area contributed by atoms with E-state index in [1.807, 2.05) is 23.9 Å². The zero-order chi connectivity index (χ0) is 14.5. The Morgan fingerprint density at radius 2 is 2.00 bits per heavy atom. The molecule has 1 aliphatic carbocycles. The molecule has 3 heteroatoms. The summed E-state index contributed by atoms with van der Waals surface area (Å²) in [5.74, 6) is 2.62. The molecule has 0 aliphatic heterocycles. The SMILES string of the molecule is N#CC1CCC(c2ccccc2)CC1SCc1ccco1. The summed E-state index contributed by atoms with van der Waals surface area (Å²) in [5.41, 5.74) is 1.41. The molecule has 1 aliphatic rings. The molecular formula is C18H19NOS. The van der Waals surface area contributed by atoms with Crippen molar-refractivity contribution in [3.63, 3.8) is 0 Å². The number of furan rings is 1. The molecule has 2 aromatic rings. The van der Waals surface area contributed by atoms with E-state index in [1.165, 1.54) is 5.56 Å². The zero-order valence-electron chi connectivity index (χ0n) is 11.9. The van der Waals surface area contributed by atoms with Gasteiger partial charge in [0.15, 0.2) is 0 Å². The minimum atomic E-state index is 0.171. The van der Waals surface area contributed by atoms with Gasteiger partial charge in [0.2, 0.25) is 0 Å². The fraction of sp³-hybridized carbons (Fsp3) is 0.389. The van der Waals surface area contributed by atoms with Gasteiger partial charge in [-0.25, -0.2) is 0 Å². The molecule has 1 heterocycles. The summed E-state index contributed by atoms with van der Waals surface area (Å²) in [7, 11) is 0. The highest BCUT2D eigenvalue weighted by Gasteiger charge is 2.31. The van der Waals surface area contributed by atoms with E-state index < -0.39 is 0 Å². The molecule has 108 valence electrons. The van der Waals surface area contributed by atoms with Crippen LogP contribution in [-0.4, -0.2) is 5.25 Å². The van der Waals surface area contributed by atoms with Crippen LogP contribution in [0.2, 0.25) is 0 Å². The van der Waals surface area contributed by atoms with Gasteiger partial charge in [0.1, 0.15) is 5.76 Å². The topological polar surface area (TPSA) is 36.9 Å². The number of rotatable bonds is 4. The van der Waals surface area contributed by atoms with Crippen molar-refractivity contribution in [1.29, 1.82) is 5.26 Å². The quantitative estimate of drug-likeness (QED) is 0.798. The van der Waals surface area contributed by atoms with Crippen LogP contribution in [0.15, 0.2) is 53.1 Å². The van der Waals surface area contributed by atoms with Gasteiger partial charge in [0, 0.05) is 5.25 Å². The molecule has 1 fully saturated rings. The Hall–Kier alpha value is -1.66. The van der Waals surface area contributed by atoms with Gasteiger partial charge in [0.05, 0.1) is 24.0 Å². The van der Waals surface area contributed by atoms with E-state index >= 15 is 0 Å².